The van der Waals surface area contributed by atoms with Crippen LogP contribution in [0.4, 0.5) is 4.39 Å². The maximum absolute atomic E-state index is 14.2. The van der Waals surface area contributed by atoms with Gasteiger partial charge < -0.3 is 9.47 Å². The van der Waals surface area contributed by atoms with E-state index in [9.17, 15) is 9.18 Å². The Morgan fingerprint density at radius 2 is 2.06 bits per heavy atom. The lowest BCUT2D eigenvalue weighted by Crippen LogP contribution is -2.22. The number of pyridine rings is 1. The molecule has 0 aliphatic rings. The fourth-order valence-electron chi connectivity index (χ4n) is 3.04. The van der Waals surface area contributed by atoms with Gasteiger partial charge in [0.05, 0.1) is 11.0 Å². The minimum absolute atomic E-state index is 0.130. The molecule has 0 atom stereocenters. The summed E-state index contributed by atoms with van der Waals surface area (Å²) in [5, 5.41) is 3.70. The van der Waals surface area contributed by atoms with E-state index in [0.29, 0.717) is 40.7 Å². The lowest BCUT2D eigenvalue weighted by Gasteiger charge is -2.17. The number of hydrogen-bond donors (Lipinski definition) is 1. The summed E-state index contributed by atoms with van der Waals surface area (Å²) < 4.78 is 32.7. The number of nitrogens with one attached hydrogen (secondary N) is 1. The minimum atomic E-state index is -1.24. The van der Waals surface area contributed by atoms with Gasteiger partial charge in [0, 0.05) is 32.4 Å². The molecule has 0 saturated heterocycles. The Labute approximate surface area is 192 Å². The summed E-state index contributed by atoms with van der Waals surface area (Å²) >= 11 is 3.13. The van der Waals surface area contributed by atoms with Gasteiger partial charge >= 0.3 is 5.76 Å². The smallest absolute Gasteiger partial charge is 0.439 e. The zero-order chi connectivity index (χ0) is 22.9. The topological polar surface area (TPSA) is 95.2 Å². The highest BCUT2D eigenvalue weighted by molar-refractivity contribution is 9.10. The van der Waals surface area contributed by atoms with Crippen LogP contribution in [0, 0.1) is 5.82 Å². The van der Waals surface area contributed by atoms with Crippen LogP contribution in [0.25, 0.3) is 22.4 Å². The van der Waals surface area contributed by atoms with Crippen LogP contribution in [0.2, 0.25) is 25.7 Å². The molecule has 11 heteroatoms. The van der Waals surface area contributed by atoms with Gasteiger partial charge in [-0.25, -0.2) is 14.2 Å². The lowest BCUT2D eigenvalue weighted by atomic mass is 10.2. The molecule has 0 fully saturated rings. The Kier molecular flexibility index (Phi) is 6.31. The highest BCUT2D eigenvalue weighted by Gasteiger charge is 2.17. The monoisotopic (exact) mass is 520 g/mol. The van der Waals surface area contributed by atoms with Gasteiger partial charge in [-0.15, -0.1) is 0 Å². The molecule has 1 aromatic carbocycles. The Morgan fingerprint density at radius 3 is 2.78 bits per heavy atom. The summed E-state index contributed by atoms with van der Waals surface area (Å²) in [6.07, 6.45) is 0. The number of H-pyrrole nitrogens is 1. The molecule has 0 radical (unpaired) electrons. The molecule has 0 aliphatic carbocycles. The molecule has 0 bridgehead atoms. The van der Waals surface area contributed by atoms with Crippen molar-refractivity contribution >= 4 is 35.0 Å². The highest BCUT2D eigenvalue weighted by atomic mass is 79.9. The maximum atomic E-state index is 14.2. The van der Waals surface area contributed by atoms with Crippen molar-refractivity contribution in [3.05, 3.63) is 57.4 Å². The van der Waals surface area contributed by atoms with E-state index in [0.717, 1.165) is 6.04 Å². The average molecular weight is 521 g/mol. The van der Waals surface area contributed by atoms with Crippen molar-refractivity contribution in [2.75, 3.05) is 6.61 Å². The first-order valence-electron chi connectivity index (χ1n) is 9.97. The predicted octanol–water partition coefficient (Wildman–Crippen LogP) is 5.39. The van der Waals surface area contributed by atoms with Crippen LogP contribution < -0.4 is 10.5 Å². The van der Waals surface area contributed by atoms with Gasteiger partial charge in [0.1, 0.15) is 17.1 Å². The van der Waals surface area contributed by atoms with E-state index >= 15 is 0 Å². The molecule has 0 unspecified atom stereocenters. The quantitative estimate of drug-likeness (QED) is 0.190. The van der Waals surface area contributed by atoms with E-state index in [2.05, 4.69) is 55.2 Å². The molecule has 0 spiro atoms. The summed E-state index contributed by atoms with van der Waals surface area (Å²) in [7, 11) is -1.24. The normalized spacial score (nSPS) is 11.9. The molecule has 0 saturated carbocycles. The first-order chi connectivity index (χ1) is 15.2. The molecular weight excluding hydrogens is 499 g/mol. The Balaban J connectivity index is 1.64. The number of benzene rings is 1. The van der Waals surface area contributed by atoms with Gasteiger partial charge in [-0.1, -0.05) is 36.9 Å². The molecule has 32 heavy (non-hydrogen) atoms. The van der Waals surface area contributed by atoms with E-state index in [4.69, 9.17) is 9.47 Å². The number of fused-ring (bicyclic) bond motifs is 1. The first kappa shape index (κ1) is 22.4. The van der Waals surface area contributed by atoms with Gasteiger partial charge in [-0.05, 0) is 34.1 Å². The van der Waals surface area contributed by atoms with Gasteiger partial charge in [0.25, 0.3) is 0 Å². The summed E-state index contributed by atoms with van der Waals surface area (Å²) in [5.41, 5.74) is 1.75. The van der Waals surface area contributed by atoms with Crippen LogP contribution in [-0.2, 0) is 11.5 Å². The number of halogens is 2. The van der Waals surface area contributed by atoms with Crippen molar-refractivity contribution in [1.29, 1.82) is 0 Å². The highest BCUT2D eigenvalue weighted by Crippen LogP contribution is 2.32. The van der Waals surface area contributed by atoms with Crippen LogP contribution in [0.15, 0.2) is 50.3 Å². The molecule has 4 rings (SSSR count). The SMILES string of the molecule is C[Si](C)(C)CCOCn1c(Oc2cccc(-c3noc(=O)[nH]3)c2)cc2nc(Br)c(F)cc21. The fourth-order valence-corrected chi connectivity index (χ4v) is 4.10. The zero-order valence-corrected chi connectivity index (χ0v) is 20.4. The minimum Gasteiger partial charge on any atom is -0.441 e. The number of aromatic amines is 1. The Bertz CT molecular complexity index is 1310. The third kappa shape index (κ3) is 5.17. The van der Waals surface area contributed by atoms with Crippen LogP contribution >= 0.6 is 15.9 Å². The number of aromatic nitrogens is 4. The second-order valence-electron chi connectivity index (χ2n) is 8.50. The Hall–Kier alpha value is -2.76. The first-order valence-corrected chi connectivity index (χ1v) is 14.5. The summed E-state index contributed by atoms with van der Waals surface area (Å²) in [4.78, 5) is 18.0. The van der Waals surface area contributed by atoms with Crippen LogP contribution in [0.3, 0.4) is 0 Å². The van der Waals surface area contributed by atoms with E-state index in [1.165, 1.54) is 6.07 Å². The molecule has 4 aromatic rings. The van der Waals surface area contributed by atoms with Crippen molar-refractivity contribution in [1.82, 2.24) is 19.7 Å². The third-order valence-corrected chi connectivity index (χ3v) is 7.01. The van der Waals surface area contributed by atoms with Gasteiger partial charge in [-0.2, -0.15) is 0 Å². The number of hydrogen-bond acceptors (Lipinski definition) is 6. The molecular formula is C21H22BrFN4O4Si. The maximum Gasteiger partial charge on any atom is 0.439 e. The van der Waals surface area contributed by atoms with Crippen LogP contribution in [-0.4, -0.2) is 34.4 Å². The van der Waals surface area contributed by atoms with Crippen molar-refractivity contribution in [3.63, 3.8) is 0 Å². The van der Waals surface area contributed by atoms with Crippen molar-refractivity contribution < 1.29 is 18.4 Å². The van der Waals surface area contributed by atoms with Crippen molar-refractivity contribution in [2.45, 2.75) is 32.4 Å². The molecule has 0 amide bonds. The Morgan fingerprint density at radius 1 is 1.25 bits per heavy atom. The molecule has 8 nitrogen and oxygen atoms in total. The second-order valence-corrected chi connectivity index (χ2v) is 14.9. The molecule has 0 aliphatic heterocycles. The standard InChI is InChI=1S/C21H22BrFN4O4Si/c1-32(2,3)8-7-29-12-27-17-10-15(23)19(22)24-16(17)11-18(27)30-14-6-4-5-13(9-14)20-25-21(28)31-26-20/h4-6,9-11H,7-8,12H2,1-3H3,(H,25,26,28). The summed E-state index contributed by atoms with van der Waals surface area (Å²) in [6.45, 7) is 7.64. The summed E-state index contributed by atoms with van der Waals surface area (Å²) in [6, 6.07) is 11.2. The lowest BCUT2D eigenvalue weighted by molar-refractivity contribution is 0.0858. The van der Waals surface area contributed by atoms with Crippen molar-refractivity contribution in [2.24, 2.45) is 0 Å². The van der Waals surface area contributed by atoms with E-state index < -0.39 is 19.6 Å². The van der Waals surface area contributed by atoms with Crippen LogP contribution in [0.1, 0.15) is 0 Å². The zero-order valence-electron chi connectivity index (χ0n) is 17.8. The number of nitrogens with zero attached hydrogens (tertiary/aromatic N) is 3. The number of ether oxygens (including phenoxy) is 2. The van der Waals surface area contributed by atoms with Crippen molar-refractivity contribution in [3.8, 4) is 23.0 Å². The van der Waals surface area contributed by atoms with E-state index in [-0.39, 0.29) is 11.3 Å². The van der Waals surface area contributed by atoms with Gasteiger partial charge in [0.2, 0.25) is 5.88 Å². The molecule has 3 heterocycles. The number of rotatable bonds is 8. The molecule has 3 aromatic heterocycles. The largest absolute Gasteiger partial charge is 0.441 e. The van der Waals surface area contributed by atoms with Gasteiger partial charge in [0.15, 0.2) is 11.6 Å². The van der Waals surface area contributed by atoms with Gasteiger partial charge in [-0.3, -0.25) is 14.1 Å². The molecule has 1 N–H and O–H groups in total. The predicted molar refractivity (Wildman–Crippen MR) is 124 cm³/mol. The average Bonchev–Trinajstić information content (AvgIpc) is 3.29. The fraction of sp³-hybridized carbons (Fsp3) is 0.286. The van der Waals surface area contributed by atoms with Crippen LogP contribution in [0.5, 0.6) is 11.6 Å². The molecule has 168 valence electrons. The second kappa shape index (κ2) is 9.00. The van der Waals surface area contributed by atoms with E-state index in [1.807, 2.05) is 0 Å². The third-order valence-electron chi connectivity index (χ3n) is 4.75. The van der Waals surface area contributed by atoms with E-state index in [1.54, 1.807) is 34.9 Å². The summed E-state index contributed by atoms with van der Waals surface area (Å²) in [5.74, 6) is 0.132.